The Kier molecular flexibility index (Phi) is 4.60. The van der Waals surface area contributed by atoms with Gasteiger partial charge in [-0.3, -0.25) is 9.59 Å². The number of piperidine rings is 1. The first-order valence-electron chi connectivity index (χ1n) is 10.2. The zero-order chi connectivity index (χ0) is 20.2. The fraction of sp³-hybridized carbons (Fsp3) is 0.391. The van der Waals surface area contributed by atoms with Crippen LogP contribution in [0.4, 0.5) is 5.69 Å². The number of carbonyl (C=O) groups excluding carboxylic acids is 2. The predicted molar refractivity (Wildman–Crippen MR) is 114 cm³/mol. The van der Waals surface area contributed by atoms with Crippen LogP contribution in [0, 0.1) is 5.92 Å². The SMILES string of the molecule is O=C1C[C@H](c2cccc(Cl)c2)[C@@]2(C(=O)Nc3cc(Cl)ccc32)[C@H](C2CCCC2)N1. The molecule has 1 aliphatic carbocycles. The predicted octanol–water partition coefficient (Wildman–Crippen LogP) is 5.05. The summed E-state index contributed by atoms with van der Waals surface area (Å²) in [5.74, 6) is -0.0827. The third-order valence-corrected chi connectivity index (χ3v) is 7.39. The molecule has 2 N–H and O–H groups in total. The molecule has 0 aromatic heterocycles. The van der Waals surface area contributed by atoms with Crippen LogP contribution in [-0.4, -0.2) is 17.9 Å². The monoisotopic (exact) mass is 428 g/mol. The van der Waals surface area contributed by atoms with Crippen LogP contribution in [0.25, 0.3) is 0 Å². The number of rotatable bonds is 2. The molecule has 29 heavy (non-hydrogen) atoms. The highest BCUT2D eigenvalue weighted by Crippen LogP contribution is 2.56. The molecule has 3 atom stereocenters. The van der Waals surface area contributed by atoms with Gasteiger partial charge in [-0.1, -0.05) is 54.2 Å². The van der Waals surface area contributed by atoms with Gasteiger partial charge < -0.3 is 10.6 Å². The minimum atomic E-state index is -0.868. The molecular formula is C23H22Cl2N2O2. The number of hydrogen-bond donors (Lipinski definition) is 2. The summed E-state index contributed by atoms with van der Waals surface area (Å²) in [4.78, 5) is 26.5. The Morgan fingerprint density at radius 1 is 0.966 bits per heavy atom. The van der Waals surface area contributed by atoms with E-state index in [9.17, 15) is 9.59 Å². The molecule has 1 spiro atoms. The Hall–Kier alpha value is -2.04. The summed E-state index contributed by atoms with van der Waals surface area (Å²) < 4.78 is 0. The standard InChI is InChI=1S/C23H22Cl2N2O2/c24-15-7-3-6-14(10-15)18-12-20(28)27-21(13-4-1-2-5-13)23(18)17-9-8-16(25)11-19(17)26-22(23)29/h3,6-11,13,18,21H,1-2,4-5,12H2,(H,26,29)(H,27,28)/t18-,21+,23-/m1/s1. The highest BCUT2D eigenvalue weighted by atomic mass is 35.5. The van der Waals surface area contributed by atoms with Crippen molar-refractivity contribution < 1.29 is 9.59 Å². The Bertz CT molecular complexity index is 1000. The molecule has 1 saturated heterocycles. The maximum absolute atomic E-state index is 13.7. The molecule has 3 aliphatic rings. The van der Waals surface area contributed by atoms with Gasteiger partial charge in [0.2, 0.25) is 11.8 Å². The van der Waals surface area contributed by atoms with Crippen molar-refractivity contribution >= 4 is 40.7 Å². The highest BCUT2D eigenvalue weighted by molar-refractivity contribution is 6.31. The Morgan fingerprint density at radius 3 is 2.48 bits per heavy atom. The van der Waals surface area contributed by atoms with Crippen molar-refractivity contribution in [1.82, 2.24) is 5.32 Å². The van der Waals surface area contributed by atoms with E-state index in [-0.39, 0.29) is 36.1 Å². The minimum absolute atomic E-state index is 0.00675. The number of halogens is 2. The molecule has 6 heteroatoms. The zero-order valence-corrected chi connectivity index (χ0v) is 17.4. The second-order valence-corrected chi connectivity index (χ2v) is 9.29. The largest absolute Gasteiger partial charge is 0.352 e. The molecule has 0 radical (unpaired) electrons. The van der Waals surface area contributed by atoms with E-state index in [2.05, 4.69) is 10.6 Å². The molecule has 2 heterocycles. The van der Waals surface area contributed by atoms with Crippen LogP contribution in [0.3, 0.4) is 0 Å². The number of benzene rings is 2. The van der Waals surface area contributed by atoms with Gasteiger partial charge in [-0.2, -0.15) is 0 Å². The lowest BCUT2D eigenvalue weighted by molar-refractivity contribution is -0.132. The van der Waals surface area contributed by atoms with E-state index in [1.165, 1.54) is 0 Å². The van der Waals surface area contributed by atoms with Crippen LogP contribution in [0.5, 0.6) is 0 Å². The van der Waals surface area contributed by atoms with Gasteiger partial charge in [0.1, 0.15) is 5.41 Å². The van der Waals surface area contributed by atoms with Gasteiger partial charge in [0.15, 0.2) is 0 Å². The van der Waals surface area contributed by atoms with E-state index >= 15 is 0 Å². The van der Waals surface area contributed by atoms with Crippen LogP contribution < -0.4 is 10.6 Å². The highest BCUT2D eigenvalue weighted by Gasteiger charge is 2.62. The lowest BCUT2D eigenvalue weighted by atomic mass is 9.58. The second-order valence-electron chi connectivity index (χ2n) is 8.41. The molecule has 2 aromatic rings. The number of anilines is 1. The van der Waals surface area contributed by atoms with Gasteiger partial charge in [-0.05, 0) is 54.2 Å². The lowest BCUT2D eigenvalue weighted by Crippen LogP contribution is -2.64. The van der Waals surface area contributed by atoms with Gasteiger partial charge >= 0.3 is 0 Å². The van der Waals surface area contributed by atoms with Crippen molar-refractivity contribution in [2.45, 2.75) is 49.5 Å². The summed E-state index contributed by atoms with van der Waals surface area (Å²) in [5.41, 5.74) is 1.73. The summed E-state index contributed by atoms with van der Waals surface area (Å²) in [6.07, 6.45) is 4.55. The van der Waals surface area contributed by atoms with Gasteiger partial charge in [-0.15, -0.1) is 0 Å². The fourth-order valence-electron chi connectivity index (χ4n) is 5.78. The topological polar surface area (TPSA) is 58.2 Å². The summed E-state index contributed by atoms with van der Waals surface area (Å²) in [5, 5.41) is 7.49. The number of fused-ring (bicyclic) bond motifs is 2. The van der Waals surface area contributed by atoms with Crippen LogP contribution in [0.2, 0.25) is 10.0 Å². The van der Waals surface area contributed by atoms with Crippen LogP contribution in [0.1, 0.15) is 49.1 Å². The summed E-state index contributed by atoms with van der Waals surface area (Å²) >= 11 is 12.5. The lowest BCUT2D eigenvalue weighted by Gasteiger charge is -2.48. The van der Waals surface area contributed by atoms with E-state index in [0.717, 1.165) is 42.5 Å². The average Bonchev–Trinajstić information content (AvgIpc) is 3.31. The van der Waals surface area contributed by atoms with Gasteiger partial charge in [0.05, 0.1) is 6.04 Å². The van der Waals surface area contributed by atoms with Crippen LogP contribution >= 0.6 is 23.2 Å². The molecule has 2 aromatic carbocycles. The number of carbonyl (C=O) groups is 2. The summed E-state index contributed by atoms with van der Waals surface area (Å²) in [6, 6.07) is 12.9. The third kappa shape index (κ3) is 2.88. The molecule has 5 rings (SSSR count). The summed E-state index contributed by atoms with van der Waals surface area (Å²) in [6.45, 7) is 0. The number of nitrogens with one attached hydrogen (secondary N) is 2. The zero-order valence-electron chi connectivity index (χ0n) is 15.9. The number of amides is 2. The van der Waals surface area contributed by atoms with Gasteiger partial charge in [0, 0.05) is 28.1 Å². The molecule has 0 bridgehead atoms. The van der Waals surface area contributed by atoms with E-state index in [4.69, 9.17) is 23.2 Å². The van der Waals surface area contributed by atoms with Crippen molar-refractivity contribution in [3.63, 3.8) is 0 Å². The number of hydrogen-bond acceptors (Lipinski definition) is 2. The first-order chi connectivity index (χ1) is 14.0. The molecule has 4 nitrogen and oxygen atoms in total. The molecule has 1 saturated carbocycles. The summed E-state index contributed by atoms with van der Waals surface area (Å²) in [7, 11) is 0. The van der Waals surface area contributed by atoms with Crippen LogP contribution in [0.15, 0.2) is 42.5 Å². The van der Waals surface area contributed by atoms with E-state index < -0.39 is 5.41 Å². The molecule has 150 valence electrons. The molecular weight excluding hydrogens is 407 g/mol. The molecule has 2 amide bonds. The van der Waals surface area contributed by atoms with Crippen molar-refractivity contribution in [3.8, 4) is 0 Å². The molecule has 2 fully saturated rings. The maximum Gasteiger partial charge on any atom is 0.237 e. The molecule has 2 aliphatic heterocycles. The van der Waals surface area contributed by atoms with E-state index in [1.54, 1.807) is 6.07 Å². The third-order valence-electron chi connectivity index (χ3n) is 6.92. The Labute approximate surface area is 180 Å². The smallest absolute Gasteiger partial charge is 0.237 e. The van der Waals surface area contributed by atoms with Crippen LogP contribution in [-0.2, 0) is 15.0 Å². The van der Waals surface area contributed by atoms with Crippen molar-refractivity contribution in [2.75, 3.05) is 5.32 Å². The van der Waals surface area contributed by atoms with Gasteiger partial charge in [-0.25, -0.2) is 0 Å². The first kappa shape index (κ1) is 19.0. The second kappa shape index (κ2) is 7.03. The normalized spacial score (nSPS) is 29.0. The Balaban J connectivity index is 1.75. The molecule has 0 unspecified atom stereocenters. The average molecular weight is 429 g/mol. The van der Waals surface area contributed by atoms with Crippen molar-refractivity contribution in [2.24, 2.45) is 5.92 Å². The quantitative estimate of drug-likeness (QED) is 0.702. The van der Waals surface area contributed by atoms with E-state index in [0.29, 0.717) is 10.0 Å². The minimum Gasteiger partial charge on any atom is -0.352 e. The van der Waals surface area contributed by atoms with Crippen molar-refractivity contribution in [3.05, 3.63) is 63.6 Å². The maximum atomic E-state index is 13.7. The Morgan fingerprint density at radius 2 is 1.72 bits per heavy atom. The van der Waals surface area contributed by atoms with E-state index in [1.807, 2.05) is 36.4 Å². The fourth-order valence-corrected chi connectivity index (χ4v) is 6.15. The van der Waals surface area contributed by atoms with Gasteiger partial charge in [0.25, 0.3) is 0 Å². The first-order valence-corrected chi connectivity index (χ1v) is 10.9. The van der Waals surface area contributed by atoms with Crippen molar-refractivity contribution in [1.29, 1.82) is 0 Å².